The van der Waals surface area contributed by atoms with Crippen molar-refractivity contribution < 1.29 is 17.9 Å². The van der Waals surface area contributed by atoms with Crippen LogP contribution in [0.4, 0.5) is 10.8 Å². The monoisotopic (exact) mass is 433 g/mol. The van der Waals surface area contributed by atoms with Gasteiger partial charge in [-0.2, -0.15) is 0 Å². The first kappa shape index (κ1) is 19.0. The van der Waals surface area contributed by atoms with Crippen molar-refractivity contribution in [3.63, 3.8) is 0 Å². The molecule has 1 amide bonds. The summed E-state index contributed by atoms with van der Waals surface area (Å²) in [6.45, 7) is 5.15. The first-order chi connectivity index (χ1) is 13.8. The van der Waals surface area contributed by atoms with Crippen LogP contribution >= 0.6 is 11.3 Å². The summed E-state index contributed by atoms with van der Waals surface area (Å²) in [5, 5.41) is 3.08. The van der Waals surface area contributed by atoms with Gasteiger partial charge >= 0.3 is 0 Å². The lowest BCUT2D eigenvalue weighted by Gasteiger charge is -2.48. The molecule has 2 fully saturated rings. The Morgan fingerprint density at radius 2 is 2.10 bits per heavy atom. The number of hydrogen-bond acceptors (Lipinski definition) is 6. The van der Waals surface area contributed by atoms with E-state index < -0.39 is 10.0 Å². The number of fused-ring (bicyclic) bond motifs is 2. The van der Waals surface area contributed by atoms with E-state index in [1.165, 1.54) is 18.3 Å². The van der Waals surface area contributed by atoms with Gasteiger partial charge in [0, 0.05) is 18.9 Å². The minimum absolute atomic E-state index is 0.111. The molecule has 2 aromatic rings. The number of aromatic nitrogens is 1. The molecule has 1 N–H and O–H groups in total. The van der Waals surface area contributed by atoms with Crippen molar-refractivity contribution >= 4 is 38.1 Å². The fourth-order valence-electron chi connectivity index (χ4n) is 4.22. The molecule has 3 heterocycles. The highest BCUT2D eigenvalue weighted by Crippen LogP contribution is 2.49. The second kappa shape index (κ2) is 6.52. The third-order valence-electron chi connectivity index (χ3n) is 5.98. The highest BCUT2D eigenvalue weighted by molar-refractivity contribution is 7.93. The number of thiazole rings is 1. The Hall–Kier alpha value is -1.97. The number of rotatable bonds is 4. The highest BCUT2D eigenvalue weighted by atomic mass is 32.2. The van der Waals surface area contributed by atoms with Gasteiger partial charge in [0.15, 0.2) is 5.13 Å². The number of carbonyl (C=O) groups excluding carboxylic acids is 1. The fourth-order valence-corrected chi connectivity index (χ4v) is 7.10. The van der Waals surface area contributed by atoms with Crippen LogP contribution in [0.1, 0.15) is 37.4 Å². The van der Waals surface area contributed by atoms with E-state index in [2.05, 4.69) is 16.4 Å². The molecule has 0 radical (unpaired) electrons. The average molecular weight is 434 g/mol. The van der Waals surface area contributed by atoms with E-state index in [9.17, 15) is 13.2 Å². The molecule has 1 aromatic carbocycles. The zero-order valence-corrected chi connectivity index (χ0v) is 18.0. The Morgan fingerprint density at radius 3 is 2.72 bits per heavy atom. The van der Waals surface area contributed by atoms with E-state index >= 15 is 0 Å². The molecule has 1 aliphatic carbocycles. The maximum atomic E-state index is 13.0. The van der Waals surface area contributed by atoms with E-state index in [0.29, 0.717) is 24.9 Å². The lowest BCUT2D eigenvalue weighted by molar-refractivity contribution is -0.114. The summed E-state index contributed by atoms with van der Waals surface area (Å²) in [4.78, 5) is 16.8. The number of carbonyl (C=O) groups is 1. The van der Waals surface area contributed by atoms with Crippen LogP contribution < -0.4 is 9.62 Å². The Labute approximate surface area is 174 Å². The highest BCUT2D eigenvalue weighted by Gasteiger charge is 2.49. The predicted molar refractivity (Wildman–Crippen MR) is 113 cm³/mol. The van der Waals surface area contributed by atoms with E-state index in [0.717, 1.165) is 46.6 Å². The molecule has 0 unspecified atom stereocenters. The standard InChI is InChI=1S/C20H23N3O4S2/c1-12-18(28-19(21-12)22-13(2)24)14-3-6-17-16(9-14)20(10-27-11-20)7-8-23(17)29(25,26)15-4-5-15/h3,6,9,15H,4-5,7-8,10-11H2,1-2H3,(H,21,22,24). The summed E-state index contributed by atoms with van der Waals surface area (Å²) < 4.78 is 33.1. The van der Waals surface area contributed by atoms with Crippen LogP contribution in [-0.4, -0.2) is 44.3 Å². The molecule has 0 bridgehead atoms. The van der Waals surface area contributed by atoms with Crippen LogP contribution in [0.3, 0.4) is 0 Å². The molecule has 29 heavy (non-hydrogen) atoms. The quantitative estimate of drug-likeness (QED) is 0.801. The Bertz CT molecular complexity index is 1100. The molecular formula is C20H23N3O4S2. The minimum atomic E-state index is -3.30. The minimum Gasteiger partial charge on any atom is -0.379 e. The molecule has 1 aromatic heterocycles. The molecule has 5 rings (SSSR count). The van der Waals surface area contributed by atoms with Gasteiger partial charge in [0.1, 0.15) is 0 Å². The lowest BCUT2D eigenvalue weighted by Crippen LogP contribution is -2.54. The molecule has 0 atom stereocenters. The van der Waals surface area contributed by atoms with Gasteiger partial charge in [-0.3, -0.25) is 9.10 Å². The molecule has 7 nitrogen and oxygen atoms in total. The van der Waals surface area contributed by atoms with Crippen LogP contribution in [0.25, 0.3) is 10.4 Å². The van der Waals surface area contributed by atoms with E-state index in [-0.39, 0.29) is 16.6 Å². The van der Waals surface area contributed by atoms with Crippen LogP contribution in [0.2, 0.25) is 0 Å². The second-order valence-corrected chi connectivity index (χ2v) is 11.3. The van der Waals surface area contributed by atoms with Crippen LogP contribution in [-0.2, 0) is 25.0 Å². The van der Waals surface area contributed by atoms with Gasteiger partial charge in [0.2, 0.25) is 15.9 Å². The number of nitrogens with one attached hydrogen (secondary N) is 1. The number of hydrogen-bond donors (Lipinski definition) is 1. The molecule has 1 spiro atoms. The Kier molecular flexibility index (Phi) is 4.27. The molecule has 9 heteroatoms. The van der Waals surface area contributed by atoms with Gasteiger partial charge in [-0.05, 0) is 49.4 Å². The third-order valence-corrected chi connectivity index (χ3v) is 9.41. The van der Waals surface area contributed by atoms with E-state index in [1.54, 1.807) is 4.31 Å². The number of ether oxygens (including phenoxy) is 1. The maximum absolute atomic E-state index is 13.0. The van der Waals surface area contributed by atoms with E-state index in [4.69, 9.17) is 4.74 Å². The predicted octanol–water partition coefficient (Wildman–Crippen LogP) is 3.05. The van der Waals surface area contributed by atoms with Crippen molar-refractivity contribution in [2.75, 3.05) is 29.4 Å². The third kappa shape index (κ3) is 3.06. The summed E-state index contributed by atoms with van der Waals surface area (Å²) in [5.41, 5.74) is 3.56. The molecule has 2 aliphatic heterocycles. The lowest BCUT2D eigenvalue weighted by atomic mass is 9.72. The van der Waals surface area contributed by atoms with Crippen molar-refractivity contribution in [2.45, 2.75) is 43.8 Å². The molecule has 1 saturated carbocycles. The van der Waals surface area contributed by atoms with Crippen molar-refractivity contribution in [1.82, 2.24) is 4.98 Å². The number of nitrogens with zero attached hydrogens (tertiary/aromatic N) is 2. The van der Waals surface area contributed by atoms with E-state index in [1.807, 2.05) is 19.1 Å². The van der Waals surface area contributed by atoms with Crippen LogP contribution in [0.15, 0.2) is 18.2 Å². The number of benzene rings is 1. The molecule has 3 aliphatic rings. The fraction of sp³-hybridized carbons (Fsp3) is 0.500. The summed E-state index contributed by atoms with van der Waals surface area (Å²) >= 11 is 1.43. The number of sulfonamides is 1. The maximum Gasteiger partial charge on any atom is 0.238 e. The smallest absolute Gasteiger partial charge is 0.238 e. The number of anilines is 2. The Morgan fingerprint density at radius 1 is 1.34 bits per heavy atom. The zero-order chi connectivity index (χ0) is 20.4. The van der Waals surface area contributed by atoms with Crippen molar-refractivity contribution in [3.05, 3.63) is 29.5 Å². The molecule has 1 saturated heterocycles. The first-order valence-electron chi connectivity index (χ1n) is 9.79. The van der Waals surface area contributed by atoms with Gasteiger partial charge in [-0.1, -0.05) is 17.4 Å². The first-order valence-corrected chi connectivity index (χ1v) is 12.1. The average Bonchev–Trinajstić information content (AvgIpc) is 3.43. The second-order valence-electron chi connectivity index (χ2n) is 8.19. The van der Waals surface area contributed by atoms with Gasteiger partial charge in [0.25, 0.3) is 0 Å². The number of aryl methyl sites for hydroxylation is 1. The number of amides is 1. The summed E-state index contributed by atoms with van der Waals surface area (Å²) in [6, 6.07) is 6.00. The summed E-state index contributed by atoms with van der Waals surface area (Å²) in [5.74, 6) is -0.151. The molecular weight excluding hydrogens is 410 g/mol. The summed E-state index contributed by atoms with van der Waals surface area (Å²) in [7, 11) is -3.30. The summed E-state index contributed by atoms with van der Waals surface area (Å²) in [6.07, 6.45) is 2.28. The Balaban J connectivity index is 1.59. The van der Waals surface area contributed by atoms with Gasteiger partial charge in [0.05, 0.1) is 34.7 Å². The topological polar surface area (TPSA) is 88.6 Å². The van der Waals surface area contributed by atoms with Crippen molar-refractivity contribution in [1.29, 1.82) is 0 Å². The van der Waals surface area contributed by atoms with Gasteiger partial charge in [-0.25, -0.2) is 13.4 Å². The largest absolute Gasteiger partial charge is 0.379 e. The van der Waals surface area contributed by atoms with Crippen molar-refractivity contribution in [2.24, 2.45) is 0 Å². The molecule has 154 valence electrons. The normalized spacial score (nSPS) is 20.3. The van der Waals surface area contributed by atoms with Crippen LogP contribution in [0, 0.1) is 6.92 Å². The van der Waals surface area contributed by atoms with Gasteiger partial charge < -0.3 is 10.1 Å². The zero-order valence-electron chi connectivity index (χ0n) is 16.4. The van der Waals surface area contributed by atoms with Crippen LogP contribution in [0.5, 0.6) is 0 Å². The van der Waals surface area contributed by atoms with Gasteiger partial charge in [-0.15, -0.1) is 0 Å². The van der Waals surface area contributed by atoms with Crippen molar-refractivity contribution in [3.8, 4) is 10.4 Å². The SMILES string of the molecule is CC(=O)Nc1nc(C)c(-c2ccc3c(c2)C2(CCN3S(=O)(=O)C3CC3)COC2)s1.